The molecule has 1 aliphatic heterocycles. The number of benzene rings is 2. The van der Waals surface area contributed by atoms with Crippen LogP contribution >= 0.6 is 0 Å². The Hall–Kier alpha value is -3.48. The van der Waals surface area contributed by atoms with Crippen molar-refractivity contribution in [1.29, 1.82) is 0 Å². The lowest BCUT2D eigenvalue weighted by atomic mass is 10.2. The zero-order valence-corrected chi connectivity index (χ0v) is 14.3. The molecule has 0 radical (unpaired) electrons. The molecule has 0 saturated heterocycles. The second-order valence-electron chi connectivity index (χ2n) is 5.94. The van der Waals surface area contributed by atoms with Crippen molar-refractivity contribution >= 4 is 11.6 Å². The summed E-state index contributed by atoms with van der Waals surface area (Å²) in [5, 5.41) is 6.50. The number of hydrogen-bond donors (Lipinski definition) is 3. The summed E-state index contributed by atoms with van der Waals surface area (Å²) in [5.74, 6) is 1.31. The summed E-state index contributed by atoms with van der Waals surface area (Å²) in [5.41, 5.74) is 5.62. The van der Waals surface area contributed by atoms with Crippen LogP contribution in [0.1, 0.15) is 17.4 Å². The zero-order chi connectivity index (χ0) is 17.9. The number of hydrogen-bond acceptors (Lipinski definition) is 6. The van der Waals surface area contributed by atoms with E-state index in [1.165, 1.54) is 10.7 Å². The minimum Gasteiger partial charge on any atom is -0.497 e. The van der Waals surface area contributed by atoms with E-state index in [2.05, 4.69) is 21.0 Å². The van der Waals surface area contributed by atoms with Gasteiger partial charge in [0.2, 0.25) is 5.95 Å². The van der Waals surface area contributed by atoms with Crippen LogP contribution in [0.3, 0.4) is 0 Å². The molecule has 0 amide bonds. The average molecular weight is 349 g/mol. The van der Waals surface area contributed by atoms with Gasteiger partial charge in [-0.2, -0.15) is 4.68 Å². The number of ether oxygens (including phenoxy) is 1. The van der Waals surface area contributed by atoms with Crippen LogP contribution in [0.15, 0.2) is 65.5 Å². The van der Waals surface area contributed by atoms with Gasteiger partial charge < -0.3 is 15.4 Å². The van der Waals surface area contributed by atoms with E-state index in [1.54, 1.807) is 7.11 Å². The first kappa shape index (κ1) is 16.0. The first-order valence-corrected chi connectivity index (χ1v) is 8.32. The third-order valence-electron chi connectivity index (χ3n) is 4.20. The minimum absolute atomic E-state index is 0.146. The molecule has 1 atom stereocenters. The van der Waals surface area contributed by atoms with Gasteiger partial charge in [-0.15, -0.1) is 0 Å². The van der Waals surface area contributed by atoms with Gasteiger partial charge in [-0.05, 0) is 29.8 Å². The van der Waals surface area contributed by atoms with Crippen LogP contribution in [0.4, 0.5) is 11.6 Å². The third-order valence-corrected chi connectivity index (χ3v) is 4.20. The highest BCUT2D eigenvalue weighted by molar-refractivity contribution is 5.47. The number of anilines is 2. The molecule has 1 aromatic heterocycles. The maximum Gasteiger partial charge on any atom is 0.273 e. The molecule has 0 aliphatic carbocycles. The monoisotopic (exact) mass is 349 g/mol. The third kappa shape index (κ3) is 3.19. The maximum atomic E-state index is 12.4. The molecule has 132 valence electrons. The Morgan fingerprint density at radius 2 is 1.92 bits per heavy atom. The topological polar surface area (TPSA) is 80.2 Å². The van der Waals surface area contributed by atoms with E-state index in [-0.39, 0.29) is 11.7 Å². The average Bonchev–Trinajstić information content (AvgIpc) is 3.12. The highest BCUT2D eigenvalue weighted by atomic mass is 16.5. The zero-order valence-electron chi connectivity index (χ0n) is 14.3. The standard InChI is InChI=1S/C19H19N5O2/c1-26-16-9-7-14(8-10-16)20-12-15-11-17(25)24-19(21-15)22-18(23-24)13-5-3-2-4-6-13/h2-11,18,20,23H,12H2,1H3,(H,21,22). The summed E-state index contributed by atoms with van der Waals surface area (Å²) >= 11 is 0. The maximum absolute atomic E-state index is 12.4. The van der Waals surface area contributed by atoms with Crippen LogP contribution in [-0.4, -0.2) is 16.8 Å². The Labute approximate surface area is 150 Å². The summed E-state index contributed by atoms with van der Waals surface area (Å²) in [7, 11) is 1.63. The Bertz CT molecular complexity index is 954. The van der Waals surface area contributed by atoms with Gasteiger partial charge in [-0.25, -0.2) is 4.98 Å². The van der Waals surface area contributed by atoms with E-state index in [0.29, 0.717) is 18.2 Å². The first-order valence-electron chi connectivity index (χ1n) is 8.32. The number of fused-ring (bicyclic) bond motifs is 1. The van der Waals surface area contributed by atoms with Gasteiger partial charge in [0.15, 0.2) is 0 Å². The number of nitrogens with zero attached hydrogens (tertiary/aromatic N) is 2. The molecule has 4 rings (SSSR count). The predicted molar refractivity (Wildman–Crippen MR) is 101 cm³/mol. The van der Waals surface area contributed by atoms with Gasteiger partial charge in [-0.1, -0.05) is 30.3 Å². The molecule has 3 aromatic rings. The van der Waals surface area contributed by atoms with Crippen molar-refractivity contribution in [2.75, 3.05) is 23.2 Å². The molecular formula is C19H19N5O2. The van der Waals surface area contributed by atoms with Crippen molar-refractivity contribution in [3.8, 4) is 5.75 Å². The second-order valence-corrected chi connectivity index (χ2v) is 5.94. The summed E-state index contributed by atoms with van der Waals surface area (Å²) in [6.45, 7) is 0.451. The molecule has 2 heterocycles. The van der Waals surface area contributed by atoms with E-state index >= 15 is 0 Å². The molecule has 1 aliphatic rings. The van der Waals surface area contributed by atoms with Crippen LogP contribution in [0.25, 0.3) is 0 Å². The van der Waals surface area contributed by atoms with Gasteiger partial charge in [0.1, 0.15) is 11.9 Å². The second kappa shape index (κ2) is 6.79. The lowest BCUT2D eigenvalue weighted by Gasteiger charge is -2.10. The Morgan fingerprint density at radius 1 is 1.15 bits per heavy atom. The number of rotatable bonds is 5. The molecule has 2 aromatic carbocycles. The van der Waals surface area contributed by atoms with E-state index in [1.807, 2.05) is 54.6 Å². The molecule has 7 heteroatoms. The van der Waals surface area contributed by atoms with Crippen molar-refractivity contribution in [3.63, 3.8) is 0 Å². The Kier molecular flexibility index (Phi) is 4.18. The number of methoxy groups -OCH3 is 1. The fourth-order valence-electron chi connectivity index (χ4n) is 2.84. The van der Waals surface area contributed by atoms with Gasteiger partial charge >= 0.3 is 0 Å². The largest absolute Gasteiger partial charge is 0.497 e. The van der Waals surface area contributed by atoms with Crippen LogP contribution in [0.2, 0.25) is 0 Å². The minimum atomic E-state index is -0.179. The molecule has 1 unspecified atom stereocenters. The van der Waals surface area contributed by atoms with Crippen LogP contribution in [-0.2, 0) is 6.54 Å². The smallest absolute Gasteiger partial charge is 0.273 e. The number of aromatic nitrogens is 2. The fraction of sp³-hybridized carbons (Fsp3) is 0.158. The fourth-order valence-corrected chi connectivity index (χ4v) is 2.84. The lowest BCUT2D eigenvalue weighted by Crippen LogP contribution is -2.26. The van der Waals surface area contributed by atoms with Crippen molar-refractivity contribution in [2.45, 2.75) is 12.7 Å². The molecule has 0 saturated carbocycles. The van der Waals surface area contributed by atoms with Crippen molar-refractivity contribution in [2.24, 2.45) is 0 Å². The molecule has 3 N–H and O–H groups in total. The molecule has 0 fully saturated rings. The van der Waals surface area contributed by atoms with Gasteiger partial charge in [-0.3, -0.25) is 10.2 Å². The summed E-state index contributed by atoms with van der Waals surface area (Å²) in [6, 6.07) is 19.0. The Balaban J connectivity index is 1.49. The predicted octanol–water partition coefficient (Wildman–Crippen LogP) is 2.53. The highest BCUT2D eigenvalue weighted by Crippen LogP contribution is 2.22. The molecule has 0 bridgehead atoms. The van der Waals surface area contributed by atoms with Crippen LogP contribution < -0.4 is 26.4 Å². The highest BCUT2D eigenvalue weighted by Gasteiger charge is 2.23. The van der Waals surface area contributed by atoms with Crippen LogP contribution in [0.5, 0.6) is 5.75 Å². The summed E-state index contributed by atoms with van der Waals surface area (Å²) < 4.78 is 6.58. The van der Waals surface area contributed by atoms with E-state index < -0.39 is 0 Å². The van der Waals surface area contributed by atoms with Gasteiger partial charge in [0, 0.05) is 11.8 Å². The summed E-state index contributed by atoms with van der Waals surface area (Å²) in [6.07, 6.45) is -0.179. The summed E-state index contributed by atoms with van der Waals surface area (Å²) in [4.78, 5) is 16.9. The van der Waals surface area contributed by atoms with Crippen LogP contribution in [0, 0.1) is 0 Å². The number of nitrogens with one attached hydrogen (secondary N) is 3. The van der Waals surface area contributed by atoms with E-state index in [4.69, 9.17) is 4.74 Å². The molecule has 7 nitrogen and oxygen atoms in total. The quantitative estimate of drug-likeness (QED) is 0.657. The molecular weight excluding hydrogens is 330 g/mol. The Morgan fingerprint density at radius 3 is 2.65 bits per heavy atom. The van der Waals surface area contributed by atoms with E-state index in [9.17, 15) is 4.79 Å². The van der Waals surface area contributed by atoms with Crippen molar-refractivity contribution in [3.05, 3.63) is 82.3 Å². The SMILES string of the molecule is COc1ccc(NCc2cc(=O)n3c(n2)NC(c2ccccc2)N3)cc1. The van der Waals surface area contributed by atoms with Crippen molar-refractivity contribution < 1.29 is 4.74 Å². The van der Waals surface area contributed by atoms with E-state index in [0.717, 1.165) is 17.0 Å². The lowest BCUT2D eigenvalue weighted by molar-refractivity contribution is 0.415. The normalized spacial score (nSPS) is 14.9. The molecule has 0 spiro atoms. The van der Waals surface area contributed by atoms with Gasteiger partial charge in [0.05, 0.1) is 19.3 Å². The first-order chi connectivity index (χ1) is 12.7. The van der Waals surface area contributed by atoms with Gasteiger partial charge in [0.25, 0.3) is 5.56 Å². The molecule has 26 heavy (non-hydrogen) atoms. The van der Waals surface area contributed by atoms with Crippen molar-refractivity contribution in [1.82, 2.24) is 9.66 Å².